The lowest BCUT2D eigenvalue weighted by Gasteiger charge is -2.36. The van der Waals surface area contributed by atoms with Crippen LogP contribution < -0.4 is 0 Å². The molecule has 1 unspecified atom stereocenters. The van der Waals surface area contributed by atoms with Crippen LogP contribution >= 0.6 is 0 Å². The number of rotatable bonds is 4. The quantitative estimate of drug-likeness (QED) is 0.855. The fourth-order valence-electron chi connectivity index (χ4n) is 2.82. The van der Waals surface area contributed by atoms with E-state index < -0.39 is 11.7 Å². The normalized spacial score (nSPS) is 20.9. The second-order valence-corrected chi connectivity index (χ2v) is 5.49. The summed E-state index contributed by atoms with van der Waals surface area (Å²) in [6.07, 6.45) is 5.32. The number of hydrogen-bond donors (Lipinski definition) is 2. The molecule has 0 amide bonds. The Hall–Kier alpha value is -0.870. The summed E-state index contributed by atoms with van der Waals surface area (Å²) in [6, 6.07) is 2.02. The van der Waals surface area contributed by atoms with Crippen LogP contribution in [0.1, 0.15) is 50.4 Å². The van der Waals surface area contributed by atoms with Crippen LogP contribution in [-0.2, 0) is 19.9 Å². The molecular weight excluding hydrogens is 228 g/mol. The van der Waals surface area contributed by atoms with Crippen LogP contribution in [0.15, 0.2) is 6.07 Å². The van der Waals surface area contributed by atoms with E-state index >= 15 is 0 Å². The molecule has 1 aromatic rings. The van der Waals surface area contributed by atoms with Gasteiger partial charge in [0.25, 0.3) is 0 Å². The Bertz CT molecular complexity index is 394. The average molecular weight is 252 g/mol. The van der Waals surface area contributed by atoms with Crippen LogP contribution in [0.3, 0.4) is 0 Å². The van der Waals surface area contributed by atoms with Crippen molar-refractivity contribution in [1.29, 1.82) is 0 Å². The van der Waals surface area contributed by atoms with Gasteiger partial charge < -0.3 is 10.2 Å². The summed E-state index contributed by atoms with van der Waals surface area (Å²) in [6.45, 7) is 2.07. The van der Waals surface area contributed by atoms with Gasteiger partial charge in [-0.1, -0.05) is 26.2 Å². The van der Waals surface area contributed by atoms with Crippen molar-refractivity contribution in [3.05, 3.63) is 17.5 Å². The molecule has 0 aliphatic heterocycles. The van der Waals surface area contributed by atoms with Gasteiger partial charge in [-0.3, -0.25) is 4.68 Å². The summed E-state index contributed by atoms with van der Waals surface area (Å²) < 4.78 is 1.81. The summed E-state index contributed by atoms with van der Waals surface area (Å²) >= 11 is 0. The summed E-state index contributed by atoms with van der Waals surface area (Å²) in [4.78, 5) is 0. The number of aryl methyl sites for hydroxylation is 2. The monoisotopic (exact) mass is 252 g/mol. The number of aromatic nitrogens is 2. The van der Waals surface area contributed by atoms with Crippen molar-refractivity contribution in [2.24, 2.45) is 7.05 Å². The first-order valence-corrected chi connectivity index (χ1v) is 6.97. The minimum absolute atomic E-state index is 0.486. The van der Waals surface area contributed by atoms with E-state index in [-0.39, 0.29) is 0 Å². The fourth-order valence-corrected chi connectivity index (χ4v) is 2.82. The van der Waals surface area contributed by atoms with Gasteiger partial charge in [0.2, 0.25) is 0 Å². The Morgan fingerprint density at radius 1 is 1.39 bits per heavy atom. The van der Waals surface area contributed by atoms with Gasteiger partial charge in [-0.2, -0.15) is 5.10 Å². The third kappa shape index (κ3) is 2.75. The van der Waals surface area contributed by atoms with Gasteiger partial charge in [-0.15, -0.1) is 0 Å². The molecule has 0 radical (unpaired) electrons. The van der Waals surface area contributed by atoms with E-state index in [0.717, 1.165) is 30.7 Å². The van der Waals surface area contributed by atoms with Crippen molar-refractivity contribution in [2.45, 2.75) is 63.6 Å². The lowest BCUT2D eigenvalue weighted by Crippen LogP contribution is -2.45. The van der Waals surface area contributed by atoms with Gasteiger partial charge in [0.05, 0.1) is 17.4 Å². The van der Waals surface area contributed by atoms with Crippen LogP contribution in [0.5, 0.6) is 0 Å². The number of aliphatic hydroxyl groups excluding tert-OH is 1. The predicted molar refractivity (Wildman–Crippen MR) is 70.3 cm³/mol. The van der Waals surface area contributed by atoms with Gasteiger partial charge >= 0.3 is 0 Å². The molecule has 0 aromatic carbocycles. The molecule has 1 aromatic heterocycles. The van der Waals surface area contributed by atoms with Crippen LogP contribution in [0, 0.1) is 0 Å². The maximum atomic E-state index is 10.5. The molecule has 4 nitrogen and oxygen atoms in total. The number of aliphatic hydroxyl groups is 2. The minimum atomic E-state index is -0.894. The zero-order valence-electron chi connectivity index (χ0n) is 11.4. The zero-order valence-corrected chi connectivity index (χ0v) is 11.4. The van der Waals surface area contributed by atoms with Crippen molar-refractivity contribution >= 4 is 0 Å². The van der Waals surface area contributed by atoms with E-state index in [1.54, 1.807) is 0 Å². The summed E-state index contributed by atoms with van der Waals surface area (Å²) in [7, 11) is 1.89. The predicted octanol–water partition coefficient (Wildman–Crippen LogP) is 1.58. The van der Waals surface area contributed by atoms with E-state index in [1.807, 2.05) is 17.8 Å². The smallest absolute Gasteiger partial charge is 0.0909 e. The second kappa shape index (κ2) is 5.41. The highest BCUT2D eigenvalue weighted by atomic mass is 16.3. The van der Waals surface area contributed by atoms with Gasteiger partial charge in [0.1, 0.15) is 0 Å². The van der Waals surface area contributed by atoms with Crippen molar-refractivity contribution in [3.8, 4) is 0 Å². The molecular formula is C14H24N2O2. The van der Waals surface area contributed by atoms with E-state index in [0.29, 0.717) is 19.3 Å². The molecule has 18 heavy (non-hydrogen) atoms. The topological polar surface area (TPSA) is 58.3 Å². The van der Waals surface area contributed by atoms with E-state index in [9.17, 15) is 10.2 Å². The second-order valence-electron chi connectivity index (χ2n) is 5.49. The first-order chi connectivity index (χ1) is 8.55. The largest absolute Gasteiger partial charge is 0.390 e. The van der Waals surface area contributed by atoms with E-state index in [4.69, 9.17) is 0 Å². The molecule has 2 N–H and O–H groups in total. The van der Waals surface area contributed by atoms with Gasteiger partial charge in [-0.05, 0) is 25.3 Å². The third-order valence-corrected chi connectivity index (χ3v) is 4.13. The first kappa shape index (κ1) is 13.6. The lowest BCUT2D eigenvalue weighted by molar-refractivity contribution is -0.0966. The Labute approximate surface area is 109 Å². The van der Waals surface area contributed by atoms with Gasteiger partial charge in [0.15, 0.2) is 0 Å². The van der Waals surface area contributed by atoms with Crippen molar-refractivity contribution in [3.63, 3.8) is 0 Å². The lowest BCUT2D eigenvalue weighted by atomic mass is 9.79. The maximum absolute atomic E-state index is 10.5. The van der Waals surface area contributed by atoms with Crippen LogP contribution in [-0.4, -0.2) is 31.7 Å². The van der Waals surface area contributed by atoms with Crippen LogP contribution in [0.25, 0.3) is 0 Å². The first-order valence-electron chi connectivity index (χ1n) is 6.97. The molecule has 0 saturated heterocycles. The van der Waals surface area contributed by atoms with Crippen molar-refractivity contribution < 1.29 is 10.2 Å². The Morgan fingerprint density at radius 3 is 2.61 bits per heavy atom. The summed E-state index contributed by atoms with van der Waals surface area (Å²) in [5.74, 6) is 0. The molecule has 1 heterocycles. The Kier molecular flexibility index (Phi) is 4.07. The molecule has 1 fully saturated rings. The maximum Gasteiger partial charge on any atom is 0.0909 e. The fraction of sp³-hybridized carbons (Fsp3) is 0.786. The molecule has 102 valence electrons. The molecule has 2 rings (SSSR count). The van der Waals surface area contributed by atoms with Gasteiger partial charge in [0, 0.05) is 19.2 Å². The van der Waals surface area contributed by atoms with Crippen LogP contribution in [0.4, 0.5) is 0 Å². The third-order valence-electron chi connectivity index (χ3n) is 4.13. The standard InChI is InChI=1S/C14H24N2O2/c1-3-11-9-12(16(2)15-11)10-13(17)14(18)7-5-4-6-8-14/h9,13,17-18H,3-8,10H2,1-2H3. The Balaban J connectivity index is 2.05. The average Bonchev–Trinajstić information content (AvgIpc) is 2.71. The molecule has 1 aliphatic carbocycles. The van der Waals surface area contributed by atoms with E-state index in [2.05, 4.69) is 12.0 Å². The molecule has 4 heteroatoms. The SMILES string of the molecule is CCc1cc(CC(O)C2(O)CCCCC2)n(C)n1. The number of nitrogens with zero attached hydrogens (tertiary/aromatic N) is 2. The molecule has 1 atom stereocenters. The van der Waals surface area contributed by atoms with Crippen molar-refractivity contribution in [1.82, 2.24) is 9.78 Å². The summed E-state index contributed by atoms with van der Waals surface area (Å²) in [5.41, 5.74) is 1.14. The molecule has 1 aliphatic rings. The number of hydrogen-bond acceptors (Lipinski definition) is 3. The molecule has 0 spiro atoms. The molecule has 0 bridgehead atoms. The highest BCUT2D eigenvalue weighted by Crippen LogP contribution is 2.32. The highest BCUT2D eigenvalue weighted by Gasteiger charge is 2.37. The minimum Gasteiger partial charge on any atom is -0.390 e. The molecule has 1 saturated carbocycles. The van der Waals surface area contributed by atoms with E-state index in [1.165, 1.54) is 6.42 Å². The zero-order chi connectivity index (χ0) is 13.2. The van der Waals surface area contributed by atoms with Crippen LogP contribution in [0.2, 0.25) is 0 Å². The summed E-state index contributed by atoms with van der Waals surface area (Å²) in [5, 5.41) is 25.2. The highest BCUT2D eigenvalue weighted by molar-refractivity contribution is 5.12. The Morgan fingerprint density at radius 2 is 2.06 bits per heavy atom. The van der Waals surface area contributed by atoms with Crippen molar-refractivity contribution in [2.75, 3.05) is 0 Å². The van der Waals surface area contributed by atoms with Gasteiger partial charge in [-0.25, -0.2) is 0 Å².